The molecule has 3 amide bonds. The summed E-state index contributed by atoms with van der Waals surface area (Å²) >= 11 is 0. The van der Waals surface area contributed by atoms with Gasteiger partial charge in [-0.25, -0.2) is 4.79 Å². The van der Waals surface area contributed by atoms with Crippen molar-refractivity contribution < 1.29 is 19.1 Å². The number of carbonyl (C=O) groups excluding carboxylic acids is 3. The number of Topliss-reactive ketones (excluding diaryl/α,β-unsaturated/α-hetero) is 1. The van der Waals surface area contributed by atoms with E-state index in [2.05, 4.69) is 5.32 Å². The third kappa shape index (κ3) is 1.41. The minimum Gasteiger partial charge on any atom is -0.378 e. The van der Waals surface area contributed by atoms with E-state index in [0.717, 1.165) is 0 Å². The quantitative estimate of drug-likeness (QED) is 0.613. The molecule has 0 aromatic carbocycles. The maximum atomic E-state index is 11.6. The lowest BCUT2D eigenvalue weighted by Crippen LogP contribution is -2.51. The van der Waals surface area contributed by atoms with Crippen molar-refractivity contribution in [3.63, 3.8) is 0 Å². The number of carbonyl (C=O) groups is 3. The van der Waals surface area contributed by atoms with Gasteiger partial charge in [0, 0.05) is 13.0 Å². The smallest absolute Gasteiger partial charge is 0.325 e. The van der Waals surface area contributed by atoms with Crippen LogP contribution in [0.25, 0.3) is 0 Å². The third-order valence-electron chi connectivity index (χ3n) is 2.79. The van der Waals surface area contributed by atoms with E-state index in [1.165, 1.54) is 11.8 Å². The molecule has 0 aliphatic carbocycles. The van der Waals surface area contributed by atoms with Crippen LogP contribution in [0.1, 0.15) is 13.3 Å². The first-order chi connectivity index (χ1) is 7.06. The molecule has 82 valence electrons. The number of hydrogen-bond acceptors (Lipinski definition) is 4. The van der Waals surface area contributed by atoms with Crippen LogP contribution in [-0.2, 0) is 14.3 Å². The van der Waals surface area contributed by atoms with Gasteiger partial charge in [0.05, 0.1) is 13.2 Å². The molecule has 0 saturated carbocycles. The van der Waals surface area contributed by atoms with Crippen LogP contribution in [0.5, 0.6) is 0 Å². The summed E-state index contributed by atoms with van der Waals surface area (Å²) in [5, 5.41) is 2.22. The minimum absolute atomic E-state index is 0.0407. The molecule has 1 unspecified atom stereocenters. The molecule has 1 atom stereocenters. The van der Waals surface area contributed by atoms with Crippen LogP contribution in [0.15, 0.2) is 0 Å². The van der Waals surface area contributed by atoms with E-state index in [4.69, 9.17) is 4.74 Å². The molecule has 1 spiro atoms. The SMILES string of the molecule is CC(=O)CN1C(=O)NC(=O)C12CCOC2. The second-order valence-corrected chi connectivity index (χ2v) is 3.88. The summed E-state index contributed by atoms with van der Waals surface area (Å²) in [5.74, 6) is -0.502. The van der Waals surface area contributed by atoms with Crippen LogP contribution in [0.2, 0.25) is 0 Å². The van der Waals surface area contributed by atoms with Crippen molar-refractivity contribution in [2.45, 2.75) is 18.9 Å². The molecular formula is C9H12N2O4. The highest BCUT2D eigenvalue weighted by atomic mass is 16.5. The molecule has 0 radical (unpaired) electrons. The van der Waals surface area contributed by atoms with Gasteiger partial charge in [-0.1, -0.05) is 0 Å². The highest BCUT2D eigenvalue weighted by Crippen LogP contribution is 2.30. The van der Waals surface area contributed by atoms with Gasteiger partial charge in [-0.3, -0.25) is 19.8 Å². The number of ether oxygens (including phenoxy) is 1. The van der Waals surface area contributed by atoms with Gasteiger partial charge < -0.3 is 4.74 Å². The van der Waals surface area contributed by atoms with Gasteiger partial charge in [-0.05, 0) is 6.92 Å². The zero-order valence-electron chi connectivity index (χ0n) is 8.41. The number of hydrogen-bond donors (Lipinski definition) is 1. The Hall–Kier alpha value is -1.43. The Morgan fingerprint density at radius 1 is 1.60 bits per heavy atom. The van der Waals surface area contributed by atoms with Crippen LogP contribution in [0.4, 0.5) is 4.79 Å². The van der Waals surface area contributed by atoms with Gasteiger partial charge in [0.1, 0.15) is 11.3 Å². The van der Waals surface area contributed by atoms with Gasteiger partial charge in [0.2, 0.25) is 0 Å². The number of imide groups is 1. The summed E-state index contributed by atoms with van der Waals surface area (Å²) in [6.45, 7) is 1.97. The first-order valence-corrected chi connectivity index (χ1v) is 4.76. The minimum atomic E-state index is -0.942. The Bertz CT molecular complexity index is 333. The lowest BCUT2D eigenvalue weighted by atomic mass is 9.97. The Morgan fingerprint density at radius 2 is 2.33 bits per heavy atom. The van der Waals surface area contributed by atoms with Gasteiger partial charge in [-0.15, -0.1) is 0 Å². The van der Waals surface area contributed by atoms with E-state index in [-0.39, 0.29) is 24.8 Å². The Labute approximate surface area is 86.6 Å². The Kier molecular flexibility index (Phi) is 2.22. The zero-order valence-corrected chi connectivity index (χ0v) is 8.41. The van der Waals surface area contributed by atoms with Gasteiger partial charge in [-0.2, -0.15) is 0 Å². The van der Waals surface area contributed by atoms with Crippen LogP contribution in [0.3, 0.4) is 0 Å². The van der Waals surface area contributed by atoms with E-state index in [0.29, 0.717) is 13.0 Å². The van der Waals surface area contributed by atoms with Crippen molar-refractivity contribution in [2.75, 3.05) is 19.8 Å². The summed E-state index contributed by atoms with van der Waals surface area (Å²) in [6, 6.07) is -0.499. The average Bonchev–Trinajstić information content (AvgIpc) is 2.69. The highest BCUT2D eigenvalue weighted by Gasteiger charge is 2.55. The molecule has 0 bridgehead atoms. The summed E-state index contributed by atoms with van der Waals surface area (Å²) in [7, 11) is 0. The molecule has 15 heavy (non-hydrogen) atoms. The maximum Gasteiger partial charge on any atom is 0.325 e. The average molecular weight is 212 g/mol. The second kappa shape index (κ2) is 3.30. The van der Waals surface area contributed by atoms with E-state index < -0.39 is 11.6 Å². The van der Waals surface area contributed by atoms with Crippen molar-refractivity contribution in [3.8, 4) is 0 Å². The second-order valence-electron chi connectivity index (χ2n) is 3.88. The van der Waals surface area contributed by atoms with Gasteiger partial charge in [0.15, 0.2) is 0 Å². The lowest BCUT2D eigenvalue weighted by Gasteiger charge is -2.28. The van der Waals surface area contributed by atoms with Crippen LogP contribution in [-0.4, -0.2) is 47.9 Å². The molecule has 0 aromatic heterocycles. The molecule has 6 nitrogen and oxygen atoms in total. The summed E-state index contributed by atoms with van der Waals surface area (Å²) in [4.78, 5) is 35.4. The number of amides is 3. The fraction of sp³-hybridized carbons (Fsp3) is 0.667. The van der Waals surface area contributed by atoms with Crippen LogP contribution < -0.4 is 5.32 Å². The monoisotopic (exact) mass is 212 g/mol. The van der Waals surface area contributed by atoms with Crippen molar-refractivity contribution in [1.82, 2.24) is 10.2 Å². The first-order valence-electron chi connectivity index (χ1n) is 4.76. The molecule has 2 rings (SSSR count). The van der Waals surface area contributed by atoms with E-state index in [1.807, 2.05) is 0 Å². The number of nitrogens with one attached hydrogen (secondary N) is 1. The summed E-state index contributed by atoms with van der Waals surface area (Å²) < 4.78 is 5.15. The van der Waals surface area contributed by atoms with E-state index in [9.17, 15) is 14.4 Å². The fourth-order valence-electron chi connectivity index (χ4n) is 1.99. The number of ketones is 1. The molecule has 2 aliphatic heterocycles. The maximum absolute atomic E-state index is 11.6. The molecule has 2 fully saturated rings. The summed E-state index contributed by atoms with van der Waals surface area (Å²) in [5.41, 5.74) is -0.942. The fourth-order valence-corrected chi connectivity index (χ4v) is 1.99. The number of nitrogens with zero attached hydrogens (tertiary/aromatic N) is 1. The third-order valence-corrected chi connectivity index (χ3v) is 2.79. The topological polar surface area (TPSA) is 75.7 Å². The van der Waals surface area contributed by atoms with Crippen molar-refractivity contribution >= 4 is 17.7 Å². The Morgan fingerprint density at radius 3 is 2.87 bits per heavy atom. The standard InChI is InChI=1S/C9H12N2O4/c1-6(12)4-11-8(14)10-7(13)9(11)2-3-15-5-9/h2-5H2,1H3,(H,10,13,14). The predicted molar refractivity (Wildman–Crippen MR) is 49.1 cm³/mol. The molecule has 6 heteroatoms. The van der Waals surface area contributed by atoms with Gasteiger partial charge >= 0.3 is 6.03 Å². The largest absolute Gasteiger partial charge is 0.378 e. The molecule has 2 aliphatic rings. The zero-order chi connectivity index (χ0) is 11.1. The highest BCUT2D eigenvalue weighted by molar-refractivity contribution is 6.08. The van der Waals surface area contributed by atoms with Crippen molar-refractivity contribution in [1.29, 1.82) is 0 Å². The number of rotatable bonds is 2. The Balaban J connectivity index is 2.28. The van der Waals surface area contributed by atoms with Crippen molar-refractivity contribution in [3.05, 3.63) is 0 Å². The van der Waals surface area contributed by atoms with Gasteiger partial charge in [0.25, 0.3) is 5.91 Å². The predicted octanol–water partition coefficient (Wildman–Crippen LogP) is -0.714. The molecule has 2 heterocycles. The molecule has 1 N–H and O–H groups in total. The van der Waals surface area contributed by atoms with E-state index >= 15 is 0 Å². The molecule has 2 saturated heterocycles. The summed E-state index contributed by atoms with van der Waals surface area (Å²) in [6.07, 6.45) is 0.456. The first kappa shape index (κ1) is 10.1. The molecule has 0 aromatic rings. The van der Waals surface area contributed by atoms with Crippen molar-refractivity contribution in [2.24, 2.45) is 0 Å². The van der Waals surface area contributed by atoms with Crippen LogP contribution in [0, 0.1) is 0 Å². The normalized spacial score (nSPS) is 30.1. The molecular weight excluding hydrogens is 200 g/mol. The lowest BCUT2D eigenvalue weighted by molar-refractivity contribution is -0.127. The van der Waals surface area contributed by atoms with E-state index in [1.54, 1.807) is 0 Å². The van der Waals surface area contributed by atoms with Crippen LogP contribution >= 0.6 is 0 Å². The number of urea groups is 1.